The maximum absolute atomic E-state index is 14.0. The Morgan fingerprint density at radius 1 is 0.527 bits per heavy atom. The second-order valence-corrected chi connectivity index (χ2v) is 14.6. The van der Waals surface area contributed by atoms with Crippen LogP contribution in [0.2, 0.25) is 0 Å². The zero-order valence-electron chi connectivity index (χ0n) is 33.8. The number of amides is 7. The summed E-state index contributed by atoms with van der Waals surface area (Å²) in [5, 5.41) is 28.8. The van der Waals surface area contributed by atoms with Crippen LogP contribution in [0.4, 0.5) is 0 Å². The summed E-state index contributed by atoms with van der Waals surface area (Å²) < 4.78 is 0. The fourth-order valence-electron chi connectivity index (χ4n) is 5.99. The molecule has 1 aliphatic rings. The Morgan fingerprint density at radius 2 is 0.873 bits per heavy atom. The van der Waals surface area contributed by atoms with E-state index in [0.29, 0.717) is 64.7 Å². The van der Waals surface area contributed by atoms with Gasteiger partial charge in [0.25, 0.3) is 0 Å². The Labute approximate surface area is 330 Å². The normalized spacial score (nSPS) is 23.3. The molecule has 0 aromatic rings. The van der Waals surface area contributed by atoms with E-state index in [1.807, 2.05) is 21.0 Å². The van der Waals surface area contributed by atoms with Gasteiger partial charge in [0, 0.05) is 19.3 Å². The number of nitrogens with one attached hydrogen (secondary N) is 10. The first-order valence-corrected chi connectivity index (χ1v) is 21.0. The third kappa shape index (κ3) is 21.5. The summed E-state index contributed by atoms with van der Waals surface area (Å²) in [4.78, 5) is 93.9. The van der Waals surface area contributed by atoms with E-state index >= 15 is 0 Å². The van der Waals surface area contributed by atoms with Gasteiger partial charge in [0.15, 0.2) is 0 Å². The Morgan fingerprint density at radius 3 is 1.24 bits per heavy atom. The third-order valence-corrected chi connectivity index (χ3v) is 9.62. The van der Waals surface area contributed by atoms with Crippen molar-refractivity contribution in [2.45, 2.75) is 147 Å². The number of hydrogen-bond acceptors (Lipinski definition) is 10. The first kappa shape index (κ1) is 49.6. The second kappa shape index (κ2) is 29.8. The summed E-state index contributed by atoms with van der Waals surface area (Å²) in [6, 6.07) is -6.21. The number of unbranched alkanes of at least 4 members (excludes halogenated alkanes) is 4. The molecule has 0 radical (unpaired) electrons. The summed E-state index contributed by atoms with van der Waals surface area (Å²) in [6.45, 7) is 7.44. The molecule has 1 heterocycles. The molecule has 18 heteroatoms. The SMILES string of the molecule is CCCC(=O)NCCCC[C@H]1NC(=O)[C@H](CCCCNC)NC(=O)[C@@H](C)NC(=O)[C@H](CCCCNCP)NC(=O)[C@@H](C)NC(=O)[C@H](CCCCNC)NC1=O. The highest BCUT2D eigenvalue weighted by atomic mass is 31.0. The molecule has 1 saturated heterocycles. The molecular weight excluding hydrogens is 727 g/mol. The second-order valence-electron chi connectivity index (χ2n) is 14.2. The smallest absolute Gasteiger partial charge is 0.243 e. The van der Waals surface area contributed by atoms with Gasteiger partial charge in [-0.25, -0.2) is 0 Å². The minimum Gasteiger partial charge on any atom is -0.356 e. The summed E-state index contributed by atoms with van der Waals surface area (Å²) >= 11 is 0. The molecule has 0 aromatic carbocycles. The van der Waals surface area contributed by atoms with E-state index in [4.69, 9.17) is 0 Å². The van der Waals surface area contributed by atoms with E-state index in [2.05, 4.69) is 62.4 Å². The van der Waals surface area contributed by atoms with E-state index in [-0.39, 0.29) is 31.6 Å². The van der Waals surface area contributed by atoms with E-state index in [1.54, 1.807) is 0 Å². The standard InChI is InChI=1S/C37H71N10O7P/c1-6-15-31(48)41-23-14-10-19-30-37(54)46-28(16-7-11-20-38-4)35(52)43-25(2)32(49)44-27(18-9-13-22-40-24-55)34(51)42-26(3)33(50)45-29(36(53)47-30)17-8-12-21-39-5/h25-30,38-40H,6-24,55H2,1-5H3,(H,41,48)(H,42,51)(H,43,52)(H,44,49)(H,45,50)(H,46,54)(H,47,53)/t25-,26-,27+,28+,29+,30-/m1/s1. The summed E-state index contributed by atoms with van der Waals surface area (Å²) in [5.74, 6) is -3.52. The molecule has 17 nitrogen and oxygen atoms in total. The van der Waals surface area contributed by atoms with Crippen molar-refractivity contribution in [2.75, 3.05) is 46.6 Å². The molecule has 0 spiro atoms. The number of rotatable bonds is 23. The summed E-state index contributed by atoms with van der Waals surface area (Å²) in [6.07, 6.45) is 7.89. The zero-order chi connectivity index (χ0) is 41.0. The highest BCUT2D eigenvalue weighted by Gasteiger charge is 2.33. The van der Waals surface area contributed by atoms with Crippen molar-refractivity contribution < 1.29 is 33.6 Å². The minimum atomic E-state index is -1.06. The lowest BCUT2D eigenvalue weighted by molar-refractivity contribution is -0.136. The molecule has 1 rings (SSSR count). The fraction of sp³-hybridized carbons (Fsp3) is 0.811. The molecule has 0 aromatic heterocycles. The van der Waals surface area contributed by atoms with Crippen LogP contribution >= 0.6 is 9.24 Å². The van der Waals surface area contributed by atoms with Crippen LogP contribution in [-0.2, 0) is 33.6 Å². The molecule has 1 unspecified atom stereocenters. The van der Waals surface area contributed by atoms with Crippen LogP contribution in [0.5, 0.6) is 0 Å². The Bertz CT molecular complexity index is 1190. The van der Waals surface area contributed by atoms with Gasteiger partial charge in [0.1, 0.15) is 36.3 Å². The fourth-order valence-corrected chi connectivity index (χ4v) is 6.19. The van der Waals surface area contributed by atoms with E-state index in [0.717, 1.165) is 32.0 Å². The summed E-state index contributed by atoms with van der Waals surface area (Å²) in [7, 11) is 6.22. The van der Waals surface area contributed by atoms with Crippen molar-refractivity contribution in [3.63, 3.8) is 0 Å². The van der Waals surface area contributed by atoms with Crippen LogP contribution in [0.3, 0.4) is 0 Å². The van der Waals surface area contributed by atoms with Gasteiger partial charge < -0.3 is 53.2 Å². The molecule has 1 aliphatic heterocycles. The maximum Gasteiger partial charge on any atom is 0.243 e. The molecule has 0 saturated carbocycles. The van der Waals surface area contributed by atoms with E-state index < -0.39 is 71.7 Å². The predicted molar refractivity (Wildman–Crippen MR) is 217 cm³/mol. The largest absolute Gasteiger partial charge is 0.356 e. The van der Waals surface area contributed by atoms with Gasteiger partial charge >= 0.3 is 0 Å². The van der Waals surface area contributed by atoms with Crippen molar-refractivity contribution in [1.82, 2.24) is 53.2 Å². The maximum atomic E-state index is 14.0. The van der Waals surface area contributed by atoms with Gasteiger partial charge in [0.2, 0.25) is 41.4 Å². The Balaban J connectivity index is 3.47. The number of hydrogen-bond donors (Lipinski definition) is 10. The minimum absolute atomic E-state index is 0.0585. The van der Waals surface area contributed by atoms with E-state index in [9.17, 15) is 33.6 Å². The molecule has 316 valence electrons. The van der Waals surface area contributed by atoms with Crippen LogP contribution in [0.25, 0.3) is 0 Å². The highest BCUT2D eigenvalue weighted by Crippen LogP contribution is 2.10. The molecule has 7 atom stereocenters. The lowest BCUT2D eigenvalue weighted by Gasteiger charge is -2.28. The van der Waals surface area contributed by atoms with Gasteiger partial charge in [-0.15, -0.1) is 9.24 Å². The lowest BCUT2D eigenvalue weighted by Crippen LogP contribution is -2.60. The quantitative estimate of drug-likeness (QED) is 0.0466. The molecule has 55 heavy (non-hydrogen) atoms. The molecule has 10 N–H and O–H groups in total. The Hall–Kier alpha value is -3.40. The lowest BCUT2D eigenvalue weighted by atomic mass is 10.0. The zero-order valence-corrected chi connectivity index (χ0v) is 35.0. The molecule has 7 amide bonds. The average molecular weight is 799 g/mol. The van der Waals surface area contributed by atoms with Crippen LogP contribution in [0.1, 0.15) is 111 Å². The molecule has 1 fully saturated rings. The van der Waals surface area contributed by atoms with Crippen LogP contribution in [0.15, 0.2) is 0 Å². The third-order valence-electron chi connectivity index (χ3n) is 9.33. The van der Waals surface area contributed by atoms with Crippen molar-refractivity contribution in [2.24, 2.45) is 0 Å². The van der Waals surface area contributed by atoms with Gasteiger partial charge in [-0.05, 0) is 131 Å². The summed E-state index contributed by atoms with van der Waals surface area (Å²) in [5.41, 5.74) is 0. The van der Waals surface area contributed by atoms with Crippen molar-refractivity contribution in [3.05, 3.63) is 0 Å². The van der Waals surface area contributed by atoms with Crippen LogP contribution in [-0.4, -0.2) is 124 Å². The number of carbonyl (C=O) groups is 7. The predicted octanol–water partition coefficient (Wildman–Crippen LogP) is -0.593. The van der Waals surface area contributed by atoms with Gasteiger partial charge in [-0.2, -0.15) is 0 Å². The van der Waals surface area contributed by atoms with Gasteiger partial charge in [-0.1, -0.05) is 6.92 Å². The average Bonchev–Trinajstić information content (AvgIpc) is 3.15. The number of carbonyl (C=O) groups excluding carboxylic acids is 7. The first-order valence-electron chi connectivity index (χ1n) is 20.2. The molecule has 0 aliphatic carbocycles. The van der Waals surface area contributed by atoms with Gasteiger partial charge in [0.05, 0.1) is 0 Å². The van der Waals surface area contributed by atoms with Crippen molar-refractivity contribution >= 4 is 50.6 Å². The Kier molecular flexibility index (Phi) is 26.9. The monoisotopic (exact) mass is 799 g/mol. The van der Waals surface area contributed by atoms with Crippen LogP contribution in [0, 0.1) is 0 Å². The van der Waals surface area contributed by atoms with Crippen LogP contribution < -0.4 is 53.2 Å². The molecular formula is C37H71N10O7P. The van der Waals surface area contributed by atoms with E-state index in [1.165, 1.54) is 13.8 Å². The molecule has 0 bridgehead atoms. The van der Waals surface area contributed by atoms with Gasteiger partial charge in [-0.3, -0.25) is 33.6 Å². The highest BCUT2D eigenvalue weighted by molar-refractivity contribution is 7.16. The first-order chi connectivity index (χ1) is 26.4. The topological polar surface area (TPSA) is 240 Å². The van der Waals surface area contributed by atoms with Crippen molar-refractivity contribution in [1.29, 1.82) is 0 Å². The van der Waals surface area contributed by atoms with Crippen molar-refractivity contribution in [3.8, 4) is 0 Å².